The van der Waals surface area contributed by atoms with Crippen LogP contribution in [0, 0.1) is 0 Å². The number of amidine groups is 1. The minimum Gasteiger partial charge on any atom is -0.399 e. The van der Waals surface area contributed by atoms with Gasteiger partial charge < -0.3 is 19.4 Å². The van der Waals surface area contributed by atoms with Crippen LogP contribution in [0.2, 0.25) is 10.0 Å². The Morgan fingerprint density at radius 1 is 0.600 bits per heavy atom. The third-order valence-electron chi connectivity index (χ3n) is 7.52. The molecule has 0 aliphatic heterocycles. The fourth-order valence-electron chi connectivity index (χ4n) is 4.84. The standard InChI is InChI=1S/C20H23ClN4O3.C20H22ClN3O2S/c1-14(15-9-11-17(21)12-10-15)23-28-13-16-7-5-6-8-18(16)19(24-26-3)20(22-2)25-27-4;1-14(15-9-11-17(21)12-10-15)23-26-13-16-7-5-6-8-18(16)19(24-25-3)20(22-2)27-4/h5-12H,13H2,1-4H3,(H,22,25);5-12H,13H2,1-4H3/b23-14+,24-19+;22-20?,23-14+,24-19+. The molecule has 0 saturated heterocycles. The number of hydrogen-bond acceptors (Lipinski definition) is 12. The van der Waals surface area contributed by atoms with Crippen LogP contribution >= 0.6 is 35.0 Å². The van der Waals surface area contributed by atoms with Gasteiger partial charge in [-0.05, 0) is 55.5 Å². The van der Waals surface area contributed by atoms with Crippen LogP contribution in [0.5, 0.6) is 0 Å². The molecule has 12 nitrogen and oxygen atoms in total. The van der Waals surface area contributed by atoms with Gasteiger partial charge in [-0.25, -0.2) is 5.48 Å². The second-order valence-electron chi connectivity index (χ2n) is 11.1. The van der Waals surface area contributed by atoms with Crippen LogP contribution in [0.3, 0.4) is 0 Å². The van der Waals surface area contributed by atoms with E-state index < -0.39 is 0 Å². The molecule has 0 saturated carbocycles. The lowest BCUT2D eigenvalue weighted by Gasteiger charge is -2.13. The number of aliphatic imine (C=N–C) groups is 2. The van der Waals surface area contributed by atoms with Crippen LogP contribution in [-0.4, -0.2) is 75.4 Å². The predicted octanol–water partition coefficient (Wildman–Crippen LogP) is 8.83. The van der Waals surface area contributed by atoms with E-state index in [4.69, 9.17) is 47.4 Å². The summed E-state index contributed by atoms with van der Waals surface area (Å²) in [7, 11) is 7.85. The molecule has 1 N–H and O–H groups in total. The third-order valence-corrected chi connectivity index (χ3v) is 8.79. The van der Waals surface area contributed by atoms with Crippen molar-refractivity contribution in [3.8, 4) is 0 Å². The van der Waals surface area contributed by atoms with Crippen LogP contribution < -0.4 is 5.48 Å². The van der Waals surface area contributed by atoms with Crippen molar-refractivity contribution in [1.82, 2.24) is 5.48 Å². The minimum atomic E-state index is 0.244. The average molecular weight is 807 g/mol. The number of thioether (sulfide) groups is 1. The zero-order valence-corrected chi connectivity index (χ0v) is 34.4. The molecular weight excluding hydrogens is 761 g/mol. The first kappa shape index (κ1) is 44.2. The van der Waals surface area contributed by atoms with E-state index in [1.807, 2.05) is 117 Å². The molecule has 0 heterocycles. The number of nitrogens with one attached hydrogen (secondary N) is 1. The fourth-order valence-corrected chi connectivity index (χ4v) is 5.61. The number of nitrogens with zero attached hydrogens (tertiary/aromatic N) is 6. The second-order valence-corrected chi connectivity index (χ2v) is 12.8. The number of benzene rings is 4. The van der Waals surface area contributed by atoms with Crippen molar-refractivity contribution in [2.75, 3.05) is 41.7 Å². The van der Waals surface area contributed by atoms with E-state index in [9.17, 15) is 0 Å². The fraction of sp³-hybridized carbons (Fsp3) is 0.250. The molecule has 0 atom stereocenters. The lowest BCUT2D eigenvalue weighted by molar-refractivity contribution is 0.130. The Hall–Kier alpha value is -5.21. The molecule has 0 bridgehead atoms. The number of hydrogen-bond donors (Lipinski definition) is 1. The van der Waals surface area contributed by atoms with E-state index in [-0.39, 0.29) is 6.61 Å². The quantitative estimate of drug-likeness (QED) is 0.0722. The molecule has 0 amide bonds. The molecule has 15 heteroatoms. The Kier molecular flexibility index (Phi) is 19.5. The topological polar surface area (TPSA) is 132 Å². The molecule has 0 aliphatic rings. The molecular formula is C40H45Cl2N7O5S. The Balaban J connectivity index is 0.000000296. The van der Waals surface area contributed by atoms with E-state index in [1.165, 1.54) is 33.1 Å². The van der Waals surface area contributed by atoms with Crippen LogP contribution in [0.1, 0.15) is 47.2 Å². The van der Waals surface area contributed by atoms with Crippen molar-refractivity contribution < 1.29 is 24.2 Å². The van der Waals surface area contributed by atoms with Gasteiger partial charge in [0.05, 0.1) is 18.5 Å². The van der Waals surface area contributed by atoms with Crippen LogP contribution in [0.25, 0.3) is 0 Å². The van der Waals surface area contributed by atoms with Gasteiger partial charge in [0.15, 0.2) is 11.5 Å². The first-order chi connectivity index (χ1) is 26.7. The number of hydroxylamine groups is 1. The maximum Gasteiger partial charge on any atom is 0.175 e. The van der Waals surface area contributed by atoms with Crippen LogP contribution in [0.15, 0.2) is 128 Å². The number of oxime groups is 4. The molecule has 0 radical (unpaired) electrons. The summed E-state index contributed by atoms with van der Waals surface area (Å²) in [5.41, 5.74) is 10.8. The molecule has 4 rings (SSSR count). The molecule has 290 valence electrons. The summed E-state index contributed by atoms with van der Waals surface area (Å²) in [6, 6.07) is 30.3. The van der Waals surface area contributed by atoms with Crippen LogP contribution in [0.4, 0.5) is 0 Å². The van der Waals surface area contributed by atoms with Gasteiger partial charge in [-0.1, -0.05) is 117 Å². The first-order valence-corrected chi connectivity index (χ1v) is 18.7. The lowest BCUT2D eigenvalue weighted by atomic mass is 10.0. The SMILES string of the molecule is CN=C(NOC)/C(=N/OC)c1ccccc1CO/N=C(\C)c1ccc(Cl)cc1.CN=C(SC)/C(=N/OC)c1ccccc1CO/N=C(\C)c1ccc(Cl)cc1. The Labute approximate surface area is 336 Å². The summed E-state index contributed by atoms with van der Waals surface area (Å²) in [6.07, 6.45) is 1.95. The van der Waals surface area contributed by atoms with Crippen molar-refractivity contribution >= 4 is 68.7 Å². The van der Waals surface area contributed by atoms with E-state index >= 15 is 0 Å². The van der Waals surface area contributed by atoms with Crippen molar-refractivity contribution in [3.63, 3.8) is 0 Å². The highest BCUT2D eigenvalue weighted by Crippen LogP contribution is 2.18. The smallest absolute Gasteiger partial charge is 0.175 e. The van der Waals surface area contributed by atoms with Gasteiger partial charge in [-0.2, -0.15) is 0 Å². The monoisotopic (exact) mass is 805 g/mol. The molecule has 4 aromatic rings. The van der Waals surface area contributed by atoms with Gasteiger partial charge in [-0.3, -0.25) is 14.8 Å². The summed E-state index contributed by atoms with van der Waals surface area (Å²) in [6.45, 7) is 4.31. The van der Waals surface area contributed by atoms with Gasteiger partial charge in [0.25, 0.3) is 0 Å². The van der Waals surface area contributed by atoms with E-state index in [1.54, 1.807) is 14.1 Å². The summed E-state index contributed by atoms with van der Waals surface area (Å²) >= 11 is 13.3. The average Bonchev–Trinajstić information content (AvgIpc) is 3.20. The maximum atomic E-state index is 5.92. The lowest BCUT2D eigenvalue weighted by Crippen LogP contribution is -2.32. The van der Waals surface area contributed by atoms with Gasteiger partial charge in [0.2, 0.25) is 0 Å². The number of halogens is 2. The molecule has 0 aliphatic carbocycles. The molecule has 0 spiro atoms. The molecule has 55 heavy (non-hydrogen) atoms. The Morgan fingerprint density at radius 3 is 1.44 bits per heavy atom. The number of rotatable bonds is 15. The molecule has 4 aromatic carbocycles. The summed E-state index contributed by atoms with van der Waals surface area (Å²) in [4.78, 5) is 34.6. The van der Waals surface area contributed by atoms with Crippen molar-refractivity contribution in [3.05, 3.63) is 140 Å². The minimum absolute atomic E-state index is 0.244. The molecule has 0 fully saturated rings. The highest BCUT2D eigenvalue weighted by atomic mass is 35.5. The van der Waals surface area contributed by atoms with Gasteiger partial charge in [0.1, 0.15) is 38.2 Å². The van der Waals surface area contributed by atoms with Crippen LogP contribution in [-0.2, 0) is 37.4 Å². The predicted molar refractivity (Wildman–Crippen MR) is 227 cm³/mol. The van der Waals surface area contributed by atoms with Crippen molar-refractivity contribution in [1.29, 1.82) is 0 Å². The highest BCUT2D eigenvalue weighted by Gasteiger charge is 2.18. The first-order valence-electron chi connectivity index (χ1n) is 16.7. The van der Waals surface area contributed by atoms with E-state index in [0.29, 0.717) is 33.9 Å². The van der Waals surface area contributed by atoms with Crippen molar-refractivity contribution in [2.24, 2.45) is 30.6 Å². The van der Waals surface area contributed by atoms with Gasteiger partial charge >= 0.3 is 0 Å². The zero-order chi connectivity index (χ0) is 40.0. The Morgan fingerprint density at radius 2 is 1.04 bits per heavy atom. The second kappa shape index (κ2) is 24.2. The van der Waals surface area contributed by atoms with Gasteiger partial charge in [-0.15, -0.1) is 11.8 Å². The zero-order valence-electron chi connectivity index (χ0n) is 32.0. The Bertz CT molecular complexity index is 2000. The van der Waals surface area contributed by atoms with Gasteiger partial charge in [0, 0.05) is 46.4 Å². The van der Waals surface area contributed by atoms with E-state index in [0.717, 1.165) is 49.8 Å². The largest absolute Gasteiger partial charge is 0.399 e. The highest BCUT2D eigenvalue weighted by molar-refractivity contribution is 8.15. The summed E-state index contributed by atoms with van der Waals surface area (Å²) < 4.78 is 0. The maximum absolute atomic E-state index is 5.92. The molecule has 0 unspecified atom stereocenters. The normalized spacial score (nSPS) is 12.8. The van der Waals surface area contributed by atoms with E-state index in [2.05, 4.69) is 36.1 Å². The van der Waals surface area contributed by atoms with Crippen molar-refractivity contribution in [2.45, 2.75) is 27.1 Å². The third kappa shape index (κ3) is 13.9. The summed E-state index contributed by atoms with van der Waals surface area (Å²) in [5.74, 6) is 0.428. The molecule has 0 aromatic heterocycles. The summed E-state index contributed by atoms with van der Waals surface area (Å²) in [5, 5.41) is 18.8.